The number of aliphatic hydroxyl groups is 1. The Morgan fingerprint density at radius 1 is 0.905 bits per heavy atom. The summed E-state index contributed by atoms with van der Waals surface area (Å²) in [5.74, 6) is 5.10. The summed E-state index contributed by atoms with van der Waals surface area (Å²) < 4.78 is 94.4. The predicted octanol–water partition coefficient (Wildman–Crippen LogP) is 5.86. The number of carbonyl (C=O) groups is 3. The van der Waals surface area contributed by atoms with Crippen LogP contribution in [0.2, 0.25) is 0 Å². The minimum atomic E-state index is -4.81. The number of imide groups is 1. The van der Waals surface area contributed by atoms with Crippen LogP contribution in [0.3, 0.4) is 0 Å². The standard InChI is InChI=1S/C52H62F4N10O7S/c1-51(2,70)32-65-30-36(26-58-65)47-42(52(54,55)56)27-57-50(61-47)59-44-13-12-39(25-43(44)53)74(71,72)62-37-10-8-33(9-11-37)28-63-20-16-34(17-21-63)29-64-22-18-38(19-23-64)73-24-4-6-35-5-3-7-40-41(35)31-66(49(40)69)45-14-15-46(67)60-48(45)68/h3,5,7,12-13,25-27,30,33-34,37-38,45,62,70H,8-11,14-24,28-29,31-32H2,1-2H3,(H,57,59,61)(H,60,67,68). The maximum atomic E-state index is 15.4. The number of fused-ring (bicyclic) bond motifs is 1. The Labute approximate surface area is 427 Å². The zero-order valence-electron chi connectivity index (χ0n) is 41.5. The van der Waals surface area contributed by atoms with Crippen molar-refractivity contribution in [2.45, 2.75) is 126 Å². The van der Waals surface area contributed by atoms with Gasteiger partial charge in [-0.2, -0.15) is 18.3 Å². The Morgan fingerprint density at radius 2 is 1.61 bits per heavy atom. The molecule has 0 bridgehead atoms. The average Bonchev–Trinajstić information content (AvgIpc) is 3.95. The lowest BCUT2D eigenvalue weighted by Crippen LogP contribution is -2.52. The first-order chi connectivity index (χ1) is 35.2. The molecule has 4 fully saturated rings. The fourth-order valence-electron chi connectivity index (χ4n) is 10.8. The van der Waals surface area contributed by atoms with Gasteiger partial charge in [0.25, 0.3) is 5.91 Å². The molecule has 4 N–H and O–H groups in total. The van der Waals surface area contributed by atoms with Gasteiger partial charge < -0.3 is 29.9 Å². The predicted molar refractivity (Wildman–Crippen MR) is 264 cm³/mol. The van der Waals surface area contributed by atoms with E-state index in [1.54, 1.807) is 12.1 Å². The van der Waals surface area contributed by atoms with Crippen LogP contribution >= 0.6 is 0 Å². The number of nitrogens with zero attached hydrogens (tertiary/aromatic N) is 7. The van der Waals surface area contributed by atoms with Crippen LogP contribution < -0.4 is 15.4 Å². The molecule has 0 radical (unpaired) electrons. The number of benzene rings is 2. The first-order valence-corrected chi connectivity index (χ1v) is 26.8. The van der Waals surface area contributed by atoms with Crippen LogP contribution in [-0.2, 0) is 43.6 Å². The summed E-state index contributed by atoms with van der Waals surface area (Å²) in [4.78, 5) is 51.4. The Balaban J connectivity index is 0.672. The molecule has 3 saturated heterocycles. The summed E-state index contributed by atoms with van der Waals surface area (Å²) in [6, 6.07) is 7.70. The Morgan fingerprint density at radius 3 is 2.28 bits per heavy atom. The molecule has 1 atom stereocenters. The molecule has 17 nitrogen and oxygen atoms in total. The molecule has 74 heavy (non-hydrogen) atoms. The van der Waals surface area contributed by atoms with Crippen molar-refractivity contribution in [1.29, 1.82) is 0 Å². The number of anilines is 2. The number of likely N-dealkylation sites (tertiary alicyclic amines) is 2. The van der Waals surface area contributed by atoms with E-state index in [0.29, 0.717) is 42.9 Å². The Hall–Kier alpha value is -5.83. The smallest absolute Gasteiger partial charge is 0.389 e. The van der Waals surface area contributed by atoms with Crippen molar-refractivity contribution in [3.8, 4) is 23.1 Å². The molecular formula is C52H62F4N10O7S. The molecule has 4 aromatic rings. The van der Waals surface area contributed by atoms with E-state index in [1.165, 1.54) is 48.0 Å². The van der Waals surface area contributed by atoms with Crippen LogP contribution in [0.1, 0.15) is 105 Å². The van der Waals surface area contributed by atoms with E-state index in [2.05, 4.69) is 52.1 Å². The van der Waals surface area contributed by atoms with Crippen LogP contribution in [0.25, 0.3) is 11.3 Å². The van der Waals surface area contributed by atoms with Crippen molar-refractivity contribution in [3.63, 3.8) is 0 Å². The van der Waals surface area contributed by atoms with Crippen molar-refractivity contribution in [3.05, 3.63) is 83.1 Å². The van der Waals surface area contributed by atoms with Gasteiger partial charge >= 0.3 is 6.18 Å². The average molecular weight is 1050 g/mol. The number of aromatic nitrogens is 4. The van der Waals surface area contributed by atoms with E-state index in [9.17, 15) is 41.1 Å². The second kappa shape index (κ2) is 22.2. The van der Waals surface area contributed by atoms with E-state index >= 15 is 4.39 Å². The van der Waals surface area contributed by atoms with E-state index in [0.717, 1.165) is 95.0 Å². The highest BCUT2D eigenvalue weighted by Crippen LogP contribution is 2.37. The molecule has 1 saturated carbocycles. The molecule has 22 heteroatoms. The van der Waals surface area contributed by atoms with Gasteiger partial charge in [-0.05, 0) is 132 Å². The van der Waals surface area contributed by atoms with Crippen LogP contribution in [0.5, 0.6) is 0 Å². The van der Waals surface area contributed by atoms with Crippen molar-refractivity contribution in [2.75, 3.05) is 51.2 Å². The van der Waals surface area contributed by atoms with Gasteiger partial charge in [0.2, 0.25) is 27.8 Å². The first-order valence-electron chi connectivity index (χ1n) is 25.3. The highest BCUT2D eigenvalue weighted by molar-refractivity contribution is 7.89. The highest BCUT2D eigenvalue weighted by Gasteiger charge is 2.40. The number of rotatable bonds is 15. The number of ether oxygens (including phenoxy) is 1. The zero-order chi connectivity index (χ0) is 52.4. The lowest BCUT2D eigenvalue weighted by Gasteiger charge is -2.39. The number of nitrogens with one attached hydrogen (secondary N) is 3. The van der Waals surface area contributed by atoms with Gasteiger partial charge in [-0.15, -0.1) is 0 Å². The molecule has 6 heterocycles. The fraction of sp³-hybridized carbons (Fsp3) is 0.538. The lowest BCUT2D eigenvalue weighted by molar-refractivity contribution is -0.138. The summed E-state index contributed by atoms with van der Waals surface area (Å²) in [6.45, 7) is 9.66. The molecule has 4 aliphatic heterocycles. The van der Waals surface area contributed by atoms with E-state index in [1.807, 2.05) is 6.07 Å². The highest BCUT2D eigenvalue weighted by atomic mass is 32.2. The molecule has 3 amide bonds. The van der Waals surface area contributed by atoms with Gasteiger partial charge in [-0.3, -0.25) is 24.4 Å². The molecule has 1 aliphatic carbocycles. The van der Waals surface area contributed by atoms with Gasteiger partial charge in [0.15, 0.2) is 0 Å². The number of hydrogen-bond donors (Lipinski definition) is 4. The topological polar surface area (TPSA) is 204 Å². The molecular weight excluding hydrogens is 985 g/mol. The molecule has 0 spiro atoms. The van der Waals surface area contributed by atoms with Crippen molar-refractivity contribution in [2.24, 2.45) is 11.8 Å². The van der Waals surface area contributed by atoms with Crippen LogP contribution in [0.4, 0.5) is 29.2 Å². The number of alkyl halides is 3. The number of hydrogen-bond acceptors (Lipinski definition) is 13. The normalized spacial score (nSPS) is 21.9. The van der Waals surface area contributed by atoms with Gasteiger partial charge in [-0.25, -0.2) is 27.5 Å². The van der Waals surface area contributed by atoms with Crippen molar-refractivity contribution in [1.82, 2.24) is 44.5 Å². The molecule has 396 valence electrons. The SMILES string of the molecule is CC(C)(O)Cn1cc(-c2nc(Nc3ccc(S(=O)(=O)NC4CCC(CN5CCC(CN6CCC(OCC#Cc7cccc8c7CN(C7CCC(=O)NC7=O)C8=O)CC6)CC5)CC4)cc3F)ncc2C(F)(F)F)cn1. The lowest BCUT2D eigenvalue weighted by atomic mass is 9.85. The molecule has 2 aromatic heterocycles. The van der Waals surface area contributed by atoms with E-state index in [4.69, 9.17) is 4.74 Å². The molecule has 2 aromatic carbocycles. The van der Waals surface area contributed by atoms with E-state index < -0.39 is 50.8 Å². The van der Waals surface area contributed by atoms with Gasteiger partial charge in [0, 0.05) is 74.3 Å². The molecule has 5 aliphatic rings. The van der Waals surface area contributed by atoms with Gasteiger partial charge in [-0.1, -0.05) is 17.9 Å². The number of carbonyl (C=O) groups excluding carboxylic acids is 3. The van der Waals surface area contributed by atoms with Gasteiger partial charge in [0.05, 0.1) is 40.7 Å². The van der Waals surface area contributed by atoms with Crippen molar-refractivity contribution < 1.29 is 50.2 Å². The second-order valence-corrected chi connectivity index (χ2v) is 22.6. The van der Waals surface area contributed by atoms with Crippen LogP contribution in [-0.4, -0.2) is 135 Å². The molecule has 9 rings (SSSR count). The van der Waals surface area contributed by atoms with E-state index in [-0.39, 0.29) is 72.2 Å². The number of amides is 3. The minimum absolute atomic E-state index is 0.00270. The third-order valence-corrected chi connectivity index (χ3v) is 16.2. The maximum Gasteiger partial charge on any atom is 0.419 e. The van der Waals surface area contributed by atoms with Crippen LogP contribution in [0, 0.1) is 29.5 Å². The zero-order valence-corrected chi connectivity index (χ0v) is 42.3. The van der Waals surface area contributed by atoms with Crippen LogP contribution in [0.15, 0.2) is 59.9 Å². The number of sulfonamides is 1. The first kappa shape index (κ1) is 53.0. The Kier molecular flexibility index (Phi) is 15.9. The summed E-state index contributed by atoms with van der Waals surface area (Å²) in [7, 11) is -4.09. The maximum absolute atomic E-state index is 15.4. The summed E-state index contributed by atoms with van der Waals surface area (Å²) in [5, 5.41) is 19.1. The third kappa shape index (κ3) is 13.0. The third-order valence-electron chi connectivity index (χ3n) is 14.7. The quantitative estimate of drug-likeness (QED) is 0.0628. The number of piperidine rings is 3. The minimum Gasteiger partial charge on any atom is -0.389 e. The Bertz CT molecular complexity index is 2890. The summed E-state index contributed by atoms with van der Waals surface area (Å²) >= 11 is 0. The van der Waals surface area contributed by atoms with Gasteiger partial charge in [0.1, 0.15) is 24.0 Å². The largest absolute Gasteiger partial charge is 0.419 e. The number of halogens is 4. The molecule has 1 unspecified atom stereocenters. The fourth-order valence-corrected chi connectivity index (χ4v) is 12.1. The summed E-state index contributed by atoms with van der Waals surface area (Å²) in [5.41, 5.74) is -0.984. The summed E-state index contributed by atoms with van der Waals surface area (Å²) in [6.07, 6.45) is 6.05. The monoisotopic (exact) mass is 1050 g/mol. The second-order valence-electron chi connectivity index (χ2n) is 20.9. The van der Waals surface area contributed by atoms with Crippen molar-refractivity contribution >= 4 is 39.4 Å².